The molecule has 0 heterocycles. The van der Waals surface area contributed by atoms with Crippen LogP contribution in [0.2, 0.25) is 0 Å². The Morgan fingerprint density at radius 2 is 1.71 bits per heavy atom. The van der Waals surface area contributed by atoms with Gasteiger partial charge in [0.05, 0.1) is 0 Å². The van der Waals surface area contributed by atoms with E-state index in [-0.39, 0.29) is 5.92 Å². The van der Waals surface area contributed by atoms with Crippen LogP contribution in [0.3, 0.4) is 0 Å². The summed E-state index contributed by atoms with van der Waals surface area (Å²) < 4.78 is 0. The molecule has 1 atom stereocenters. The summed E-state index contributed by atoms with van der Waals surface area (Å²) >= 11 is 0. The lowest BCUT2D eigenvalue weighted by Gasteiger charge is -2.05. The number of aryl methyl sites for hydroxylation is 1. The molecule has 14 heavy (non-hydrogen) atoms. The number of aliphatic hydroxyl groups is 1. The number of rotatable bonds is 1. The summed E-state index contributed by atoms with van der Waals surface area (Å²) in [6.07, 6.45) is -0.531. The average Bonchev–Trinajstić information content (AvgIpc) is 2.16. The van der Waals surface area contributed by atoms with Crippen molar-refractivity contribution in [1.82, 2.24) is 0 Å². The molecule has 1 nitrogen and oxygen atoms in total. The standard InChI is InChI=1S/C13H16O/c1-10(2)13(14)9-8-12-6-4-11(3)5-7-12/h4-7,10,13-14H,1-3H3. The summed E-state index contributed by atoms with van der Waals surface area (Å²) in [4.78, 5) is 0. The summed E-state index contributed by atoms with van der Waals surface area (Å²) in [6.45, 7) is 5.95. The van der Waals surface area contributed by atoms with Gasteiger partial charge in [-0.2, -0.15) is 0 Å². The molecule has 0 aliphatic carbocycles. The molecule has 1 N–H and O–H groups in total. The Labute approximate surface area is 85.8 Å². The minimum Gasteiger partial charge on any atom is -0.380 e. The quantitative estimate of drug-likeness (QED) is 0.671. The van der Waals surface area contributed by atoms with Crippen LogP contribution in [0.25, 0.3) is 0 Å². The first-order valence-corrected chi connectivity index (χ1v) is 4.86. The minimum atomic E-state index is -0.531. The van der Waals surface area contributed by atoms with Crippen molar-refractivity contribution in [3.05, 3.63) is 35.4 Å². The van der Waals surface area contributed by atoms with E-state index in [1.165, 1.54) is 5.56 Å². The van der Waals surface area contributed by atoms with Crippen LogP contribution >= 0.6 is 0 Å². The smallest absolute Gasteiger partial charge is 0.117 e. The fourth-order valence-electron chi connectivity index (χ4n) is 0.961. The lowest BCUT2D eigenvalue weighted by molar-refractivity contribution is 0.181. The average molecular weight is 188 g/mol. The van der Waals surface area contributed by atoms with Gasteiger partial charge in [0.25, 0.3) is 0 Å². The molecule has 0 saturated heterocycles. The van der Waals surface area contributed by atoms with Crippen molar-refractivity contribution in [1.29, 1.82) is 0 Å². The third kappa shape index (κ3) is 3.24. The van der Waals surface area contributed by atoms with Crippen LogP contribution < -0.4 is 0 Å². The van der Waals surface area contributed by atoms with Crippen molar-refractivity contribution < 1.29 is 5.11 Å². The highest BCUT2D eigenvalue weighted by Crippen LogP contribution is 2.03. The monoisotopic (exact) mass is 188 g/mol. The number of hydrogen-bond donors (Lipinski definition) is 1. The molecule has 1 aromatic rings. The molecule has 0 saturated carbocycles. The van der Waals surface area contributed by atoms with Crippen molar-refractivity contribution in [2.45, 2.75) is 26.9 Å². The van der Waals surface area contributed by atoms with Gasteiger partial charge in [-0.3, -0.25) is 0 Å². The van der Waals surface area contributed by atoms with Crippen LogP contribution in [0.1, 0.15) is 25.0 Å². The molecular weight excluding hydrogens is 172 g/mol. The zero-order valence-electron chi connectivity index (χ0n) is 8.91. The first kappa shape index (κ1) is 10.8. The summed E-state index contributed by atoms with van der Waals surface area (Å²) in [6, 6.07) is 7.97. The van der Waals surface area contributed by atoms with Crippen LogP contribution in [-0.4, -0.2) is 11.2 Å². The lowest BCUT2D eigenvalue weighted by Crippen LogP contribution is -2.11. The highest BCUT2D eigenvalue weighted by Gasteiger charge is 2.03. The first-order valence-electron chi connectivity index (χ1n) is 4.86. The molecule has 0 aliphatic heterocycles. The summed E-state index contributed by atoms with van der Waals surface area (Å²) in [5.41, 5.74) is 2.18. The molecule has 74 valence electrons. The highest BCUT2D eigenvalue weighted by atomic mass is 16.3. The van der Waals surface area contributed by atoms with Gasteiger partial charge >= 0.3 is 0 Å². The molecule has 0 aliphatic rings. The van der Waals surface area contributed by atoms with Gasteiger partial charge < -0.3 is 5.11 Å². The van der Waals surface area contributed by atoms with Gasteiger partial charge in [0, 0.05) is 5.56 Å². The summed E-state index contributed by atoms with van der Waals surface area (Å²) in [5.74, 6) is 5.96. The first-order chi connectivity index (χ1) is 6.59. The fraction of sp³-hybridized carbons (Fsp3) is 0.385. The van der Waals surface area contributed by atoms with Gasteiger partial charge in [-0.1, -0.05) is 43.4 Å². The van der Waals surface area contributed by atoms with Gasteiger partial charge in [-0.15, -0.1) is 0 Å². The lowest BCUT2D eigenvalue weighted by atomic mass is 10.1. The predicted molar refractivity (Wildman–Crippen MR) is 58.9 cm³/mol. The van der Waals surface area contributed by atoms with Crippen LogP contribution in [0, 0.1) is 24.7 Å². The molecular formula is C13H16O. The van der Waals surface area contributed by atoms with E-state index in [0.29, 0.717) is 0 Å². The Morgan fingerprint density at radius 1 is 1.14 bits per heavy atom. The Morgan fingerprint density at radius 3 is 2.21 bits per heavy atom. The van der Waals surface area contributed by atoms with Crippen molar-refractivity contribution in [2.24, 2.45) is 5.92 Å². The SMILES string of the molecule is Cc1ccc(C#CC(O)C(C)C)cc1. The number of aliphatic hydroxyl groups excluding tert-OH is 1. The van der Waals surface area contributed by atoms with Gasteiger partial charge in [-0.05, 0) is 25.0 Å². The zero-order valence-corrected chi connectivity index (χ0v) is 8.91. The van der Waals surface area contributed by atoms with E-state index >= 15 is 0 Å². The maximum Gasteiger partial charge on any atom is 0.117 e. The maximum atomic E-state index is 9.47. The van der Waals surface area contributed by atoms with Crippen molar-refractivity contribution in [3.63, 3.8) is 0 Å². The van der Waals surface area contributed by atoms with E-state index in [9.17, 15) is 5.11 Å². The van der Waals surface area contributed by atoms with E-state index in [1.807, 2.05) is 45.0 Å². The molecule has 0 aromatic heterocycles. The van der Waals surface area contributed by atoms with Crippen LogP contribution in [0.4, 0.5) is 0 Å². The van der Waals surface area contributed by atoms with Crippen LogP contribution in [0.5, 0.6) is 0 Å². The van der Waals surface area contributed by atoms with Crippen molar-refractivity contribution in [2.75, 3.05) is 0 Å². The van der Waals surface area contributed by atoms with Crippen LogP contribution in [-0.2, 0) is 0 Å². The molecule has 0 radical (unpaired) electrons. The topological polar surface area (TPSA) is 20.2 Å². The van der Waals surface area contributed by atoms with E-state index in [0.717, 1.165) is 5.56 Å². The van der Waals surface area contributed by atoms with Gasteiger partial charge in [0.2, 0.25) is 0 Å². The van der Waals surface area contributed by atoms with E-state index < -0.39 is 6.10 Å². The molecule has 1 rings (SSSR count). The molecule has 1 aromatic carbocycles. The Kier molecular flexibility index (Phi) is 3.73. The molecule has 1 heteroatoms. The second-order valence-electron chi connectivity index (χ2n) is 3.82. The highest BCUT2D eigenvalue weighted by molar-refractivity contribution is 5.36. The number of hydrogen-bond acceptors (Lipinski definition) is 1. The minimum absolute atomic E-state index is 0.188. The fourth-order valence-corrected chi connectivity index (χ4v) is 0.961. The zero-order chi connectivity index (χ0) is 10.6. The molecule has 0 fully saturated rings. The largest absolute Gasteiger partial charge is 0.380 e. The van der Waals surface area contributed by atoms with Gasteiger partial charge in [0.15, 0.2) is 0 Å². The molecule has 0 amide bonds. The summed E-state index contributed by atoms with van der Waals surface area (Å²) in [5, 5.41) is 9.47. The van der Waals surface area contributed by atoms with Gasteiger partial charge in [-0.25, -0.2) is 0 Å². The van der Waals surface area contributed by atoms with E-state index in [1.54, 1.807) is 0 Å². The molecule has 0 bridgehead atoms. The summed E-state index contributed by atoms with van der Waals surface area (Å²) in [7, 11) is 0. The molecule has 0 spiro atoms. The predicted octanol–water partition coefficient (Wildman–Crippen LogP) is 2.36. The number of benzene rings is 1. The second kappa shape index (κ2) is 4.83. The Hall–Kier alpha value is -1.26. The maximum absolute atomic E-state index is 9.47. The van der Waals surface area contributed by atoms with E-state index in [4.69, 9.17) is 0 Å². The third-order valence-electron chi connectivity index (χ3n) is 2.05. The van der Waals surface area contributed by atoms with Crippen LogP contribution in [0.15, 0.2) is 24.3 Å². The van der Waals surface area contributed by atoms with Gasteiger partial charge in [0.1, 0.15) is 6.10 Å². The Bertz CT molecular complexity index is 338. The normalized spacial score (nSPS) is 12.1. The third-order valence-corrected chi connectivity index (χ3v) is 2.05. The van der Waals surface area contributed by atoms with Crippen molar-refractivity contribution >= 4 is 0 Å². The van der Waals surface area contributed by atoms with E-state index in [2.05, 4.69) is 11.8 Å². The van der Waals surface area contributed by atoms with Crippen molar-refractivity contribution in [3.8, 4) is 11.8 Å². The Balaban J connectivity index is 2.73. The second-order valence-corrected chi connectivity index (χ2v) is 3.82. The molecule has 1 unspecified atom stereocenters.